The van der Waals surface area contributed by atoms with Gasteiger partial charge < -0.3 is 9.64 Å². The molecule has 1 fully saturated rings. The van der Waals surface area contributed by atoms with Crippen molar-refractivity contribution >= 4 is 46.9 Å². The normalized spacial score (nSPS) is 15.7. The molecule has 2 amide bonds. The van der Waals surface area contributed by atoms with Crippen LogP contribution in [0.1, 0.15) is 23.1 Å². The zero-order valence-electron chi connectivity index (χ0n) is 18.5. The van der Waals surface area contributed by atoms with E-state index in [4.69, 9.17) is 27.9 Å². The van der Waals surface area contributed by atoms with Gasteiger partial charge in [0, 0.05) is 34.3 Å². The van der Waals surface area contributed by atoms with Crippen LogP contribution in [0.5, 0.6) is 5.75 Å². The van der Waals surface area contributed by atoms with E-state index in [1.165, 1.54) is 0 Å². The number of aryl methyl sites for hydroxylation is 1. The summed E-state index contributed by atoms with van der Waals surface area (Å²) in [6.07, 6.45) is 1.71. The Balaban J connectivity index is 1.28. The van der Waals surface area contributed by atoms with E-state index in [0.717, 1.165) is 22.4 Å². The molecular formula is C26H23Cl2N3O3. The first kappa shape index (κ1) is 23.8. The molecule has 0 radical (unpaired) electrons. The highest BCUT2D eigenvalue weighted by Crippen LogP contribution is 2.27. The van der Waals surface area contributed by atoms with Crippen LogP contribution >= 0.6 is 23.2 Å². The highest BCUT2D eigenvalue weighted by Gasteiger charge is 2.35. The Labute approximate surface area is 208 Å². The molecule has 0 bridgehead atoms. The number of hydrazone groups is 1. The van der Waals surface area contributed by atoms with Crippen molar-refractivity contribution in [2.45, 2.75) is 20.0 Å². The number of rotatable bonds is 7. The summed E-state index contributed by atoms with van der Waals surface area (Å²) in [5, 5.41) is 5.14. The number of halogens is 2. The summed E-state index contributed by atoms with van der Waals surface area (Å²) < 4.78 is 5.76. The van der Waals surface area contributed by atoms with Crippen LogP contribution in [0.2, 0.25) is 10.0 Å². The Morgan fingerprint density at radius 1 is 1.09 bits per heavy atom. The minimum Gasteiger partial charge on any atom is -0.489 e. The predicted octanol–water partition coefficient (Wildman–Crippen LogP) is 5.38. The van der Waals surface area contributed by atoms with E-state index < -0.39 is 5.92 Å². The van der Waals surface area contributed by atoms with Crippen LogP contribution in [0.15, 0.2) is 71.8 Å². The lowest BCUT2D eigenvalue weighted by Crippen LogP contribution is -2.30. The first-order valence-corrected chi connectivity index (χ1v) is 11.5. The van der Waals surface area contributed by atoms with Crippen LogP contribution in [0.4, 0.5) is 5.69 Å². The lowest BCUT2D eigenvalue weighted by molar-refractivity contribution is -0.126. The topological polar surface area (TPSA) is 71.0 Å². The van der Waals surface area contributed by atoms with E-state index >= 15 is 0 Å². The zero-order valence-corrected chi connectivity index (χ0v) is 20.0. The van der Waals surface area contributed by atoms with Crippen molar-refractivity contribution in [3.63, 3.8) is 0 Å². The molecule has 4 rings (SSSR count). The molecule has 6 nitrogen and oxygen atoms in total. The number of ether oxygens (including phenoxy) is 1. The molecular weight excluding hydrogens is 473 g/mol. The van der Waals surface area contributed by atoms with Crippen molar-refractivity contribution in [1.29, 1.82) is 0 Å². The maximum Gasteiger partial charge on any atom is 0.245 e. The van der Waals surface area contributed by atoms with Gasteiger partial charge >= 0.3 is 0 Å². The van der Waals surface area contributed by atoms with Crippen molar-refractivity contribution in [3.05, 3.63) is 93.5 Å². The fourth-order valence-electron chi connectivity index (χ4n) is 3.60. The third kappa shape index (κ3) is 5.76. The number of anilines is 1. The summed E-state index contributed by atoms with van der Waals surface area (Å²) >= 11 is 12.3. The second-order valence-corrected chi connectivity index (χ2v) is 8.85. The molecule has 34 heavy (non-hydrogen) atoms. The van der Waals surface area contributed by atoms with Gasteiger partial charge in [-0.15, -0.1) is 0 Å². The highest BCUT2D eigenvalue weighted by molar-refractivity contribution is 6.35. The van der Waals surface area contributed by atoms with Crippen molar-refractivity contribution in [3.8, 4) is 5.75 Å². The van der Waals surface area contributed by atoms with Crippen LogP contribution < -0.4 is 15.1 Å². The maximum absolute atomic E-state index is 12.5. The van der Waals surface area contributed by atoms with E-state index in [9.17, 15) is 9.59 Å². The predicted molar refractivity (Wildman–Crippen MR) is 135 cm³/mol. The monoisotopic (exact) mass is 495 g/mol. The summed E-state index contributed by atoms with van der Waals surface area (Å²) in [5.74, 6) is -0.145. The Morgan fingerprint density at radius 2 is 1.76 bits per heavy atom. The van der Waals surface area contributed by atoms with Gasteiger partial charge in [-0.05, 0) is 61.0 Å². The van der Waals surface area contributed by atoms with Gasteiger partial charge in [0.2, 0.25) is 11.8 Å². The highest BCUT2D eigenvalue weighted by atomic mass is 35.5. The van der Waals surface area contributed by atoms with Gasteiger partial charge in [0.25, 0.3) is 0 Å². The summed E-state index contributed by atoms with van der Waals surface area (Å²) in [4.78, 5) is 26.5. The average molecular weight is 496 g/mol. The SMILES string of the molecule is Cc1ccc(N2C[C@@H](C(=O)N/N=C/c3ccc(OCc4c(Cl)cccc4Cl)cc3)CC2=O)cc1. The number of amides is 2. The number of nitrogens with one attached hydrogen (secondary N) is 1. The first-order valence-electron chi connectivity index (χ1n) is 10.8. The molecule has 174 valence electrons. The summed E-state index contributed by atoms with van der Waals surface area (Å²) in [7, 11) is 0. The number of benzene rings is 3. The largest absolute Gasteiger partial charge is 0.489 e. The second kappa shape index (κ2) is 10.7. The number of carbonyl (C=O) groups is 2. The molecule has 0 saturated carbocycles. The van der Waals surface area contributed by atoms with Crippen molar-refractivity contribution in [2.75, 3.05) is 11.4 Å². The Kier molecular flexibility index (Phi) is 7.50. The molecule has 1 aliphatic rings. The molecule has 1 saturated heterocycles. The minimum atomic E-state index is -0.446. The molecule has 3 aromatic carbocycles. The molecule has 0 unspecified atom stereocenters. The number of hydrogen-bond donors (Lipinski definition) is 1. The van der Waals surface area contributed by atoms with Gasteiger partial charge in [-0.2, -0.15) is 5.10 Å². The fourth-order valence-corrected chi connectivity index (χ4v) is 4.10. The van der Waals surface area contributed by atoms with Gasteiger partial charge in [-0.25, -0.2) is 5.43 Å². The lowest BCUT2D eigenvalue weighted by Gasteiger charge is -2.16. The number of carbonyl (C=O) groups excluding carboxylic acids is 2. The maximum atomic E-state index is 12.5. The Hall–Kier alpha value is -3.35. The fraction of sp³-hybridized carbons (Fsp3) is 0.192. The molecule has 3 aromatic rings. The lowest BCUT2D eigenvalue weighted by atomic mass is 10.1. The molecule has 1 atom stereocenters. The standard InChI is InChI=1S/C26H23Cl2N3O3/c1-17-5-9-20(10-6-17)31-15-19(13-25(31)32)26(33)30-29-14-18-7-11-21(12-8-18)34-16-22-23(27)3-2-4-24(22)28/h2-12,14,19H,13,15-16H2,1H3,(H,30,33)/b29-14+/t19-/m0/s1. The van der Waals surface area contributed by atoms with Gasteiger partial charge in [0.15, 0.2) is 0 Å². The first-order chi connectivity index (χ1) is 16.4. The van der Waals surface area contributed by atoms with E-state index in [1.54, 1.807) is 41.4 Å². The quantitative estimate of drug-likeness (QED) is 0.353. The second-order valence-electron chi connectivity index (χ2n) is 8.03. The molecule has 1 N–H and O–H groups in total. The molecule has 0 aliphatic carbocycles. The van der Waals surface area contributed by atoms with E-state index in [2.05, 4.69) is 10.5 Å². The van der Waals surface area contributed by atoms with Gasteiger partial charge in [-0.3, -0.25) is 9.59 Å². The van der Waals surface area contributed by atoms with E-state index in [-0.39, 0.29) is 24.8 Å². The smallest absolute Gasteiger partial charge is 0.245 e. The zero-order chi connectivity index (χ0) is 24.1. The van der Waals surface area contributed by atoms with Crippen LogP contribution in [-0.4, -0.2) is 24.6 Å². The molecule has 1 aliphatic heterocycles. The molecule has 0 spiro atoms. The number of hydrogen-bond acceptors (Lipinski definition) is 4. The van der Waals surface area contributed by atoms with Crippen LogP contribution in [0.25, 0.3) is 0 Å². The van der Waals surface area contributed by atoms with Crippen LogP contribution in [0.3, 0.4) is 0 Å². The molecule has 8 heteroatoms. The van der Waals surface area contributed by atoms with E-state index in [1.807, 2.05) is 43.3 Å². The molecule has 1 heterocycles. The van der Waals surface area contributed by atoms with Crippen LogP contribution in [0, 0.1) is 12.8 Å². The van der Waals surface area contributed by atoms with Gasteiger partial charge in [0.1, 0.15) is 12.4 Å². The van der Waals surface area contributed by atoms with E-state index in [0.29, 0.717) is 22.3 Å². The third-order valence-corrected chi connectivity index (χ3v) is 6.26. The Bertz CT molecular complexity index is 1190. The van der Waals surface area contributed by atoms with Crippen LogP contribution in [-0.2, 0) is 16.2 Å². The van der Waals surface area contributed by atoms with Crippen molar-refractivity contribution in [1.82, 2.24) is 5.43 Å². The Morgan fingerprint density at radius 3 is 2.44 bits per heavy atom. The third-order valence-electron chi connectivity index (χ3n) is 5.55. The number of nitrogens with zero attached hydrogens (tertiary/aromatic N) is 2. The minimum absolute atomic E-state index is 0.0679. The van der Waals surface area contributed by atoms with Crippen molar-refractivity contribution in [2.24, 2.45) is 11.0 Å². The van der Waals surface area contributed by atoms with Crippen molar-refractivity contribution < 1.29 is 14.3 Å². The van der Waals surface area contributed by atoms with Gasteiger partial charge in [0.05, 0.1) is 12.1 Å². The molecule has 0 aromatic heterocycles. The summed E-state index contributed by atoms with van der Waals surface area (Å²) in [6, 6.07) is 20.2. The van der Waals surface area contributed by atoms with Gasteiger partial charge in [-0.1, -0.05) is 47.0 Å². The summed E-state index contributed by atoms with van der Waals surface area (Å²) in [6.45, 7) is 2.58. The summed E-state index contributed by atoms with van der Waals surface area (Å²) in [5.41, 5.74) is 5.97. The average Bonchev–Trinajstić information content (AvgIpc) is 3.22.